The van der Waals surface area contributed by atoms with Crippen LogP contribution in [0.5, 0.6) is 0 Å². The highest BCUT2D eigenvalue weighted by molar-refractivity contribution is 7.10. The Morgan fingerprint density at radius 3 is 2.69 bits per heavy atom. The Morgan fingerprint density at radius 1 is 1.07 bits per heavy atom. The first kappa shape index (κ1) is 20.4. The van der Waals surface area contributed by atoms with Crippen molar-refractivity contribution >= 4 is 22.9 Å². The van der Waals surface area contributed by atoms with E-state index in [-0.39, 0.29) is 5.91 Å². The number of aryl methyl sites for hydroxylation is 2. The molecule has 2 aliphatic rings. The molecule has 0 atom stereocenters. The molecule has 0 bridgehead atoms. The summed E-state index contributed by atoms with van der Waals surface area (Å²) in [6.07, 6.45) is 5.99. The summed E-state index contributed by atoms with van der Waals surface area (Å²) >= 11 is 1.78. The number of carbonyl (C=O) groups is 1. The zero-order valence-electron chi connectivity index (χ0n) is 17.8. The highest BCUT2D eigenvalue weighted by atomic mass is 32.1. The minimum absolute atomic E-state index is 0.124. The van der Waals surface area contributed by atoms with Crippen molar-refractivity contribution in [2.45, 2.75) is 46.0 Å². The predicted octanol–water partition coefficient (Wildman–Crippen LogP) is 4.19. The molecule has 0 radical (unpaired) electrons. The number of rotatable bonds is 5. The van der Waals surface area contributed by atoms with E-state index in [0.29, 0.717) is 0 Å². The number of nitrogens with zero attached hydrogens (tertiary/aromatic N) is 2. The van der Waals surface area contributed by atoms with Crippen LogP contribution in [0.15, 0.2) is 23.6 Å². The van der Waals surface area contributed by atoms with E-state index in [1.165, 1.54) is 46.5 Å². The van der Waals surface area contributed by atoms with Crippen molar-refractivity contribution in [1.82, 2.24) is 10.2 Å². The van der Waals surface area contributed by atoms with Crippen LogP contribution in [0.2, 0.25) is 0 Å². The van der Waals surface area contributed by atoms with Gasteiger partial charge in [0.1, 0.15) is 0 Å². The number of amides is 1. The average Bonchev–Trinajstić information content (AvgIpc) is 2.99. The molecule has 2 aromatic rings. The smallest absolute Gasteiger partial charge is 0.252 e. The Morgan fingerprint density at radius 2 is 1.86 bits per heavy atom. The first-order chi connectivity index (χ1) is 14.1. The molecule has 1 saturated heterocycles. The third kappa shape index (κ3) is 4.67. The molecule has 1 N–H and O–H groups in total. The number of carbonyl (C=O) groups excluding carboxylic acids is 1. The van der Waals surface area contributed by atoms with Gasteiger partial charge in [0.2, 0.25) is 0 Å². The highest BCUT2D eigenvalue weighted by Crippen LogP contribution is 2.29. The summed E-state index contributed by atoms with van der Waals surface area (Å²) in [5.41, 5.74) is 6.39. The number of benzene rings is 1. The van der Waals surface area contributed by atoms with Gasteiger partial charge in [-0.05, 0) is 62.3 Å². The van der Waals surface area contributed by atoms with Gasteiger partial charge in [-0.25, -0.2) is 0 Å². The first-order valence-corrected chi connectivity index (χ1v) is 11.9. The van der Waals surface area contributed by atoms with Crippen molar-refractivity contribution in [2.24, 2.45) is 0 Å². The third-order valence-corrected chi connectivity index (χ3v) is 7.65. The van der Waals surface area contributed by atoms with Gasteiger partial charge in [-0.1, -0.05) is 18.6 Å². The number of hydrogen-bond acceptors (Lipinski definition) is 4. The molecule has 4 nitrogen and oxygen atoms in total. The quantitative estimate of drug-likeness (QED) is 0.750. The maximum atomic E-state index is 12.7. The Kier molecular flexibility index (Phi) is 6.56. The number of fused-ring (bicyclic) bond motifs is 1. The summed E-state index contributed by atoms with van der Waals surface area (Å²) in [6.45, 7) is 10.3. The van der Waals surface area contributed by atoms with E-state index in [4.69, 9.17) is 0 Å². The van der Waals surface area contributed by atoms with Gasteiger partial charge in [-0.2, -0.15) is 0 Å². The maximum Gasteiger partial charge on any atom is 0.252 e. The Hall–Kier alpha value is -1.85. The molecule has 5 heteroatoms. The van der Waals surface area contributed by atoms with Gasteiger partial charge < -0.3 is 10.2 Å². The van der Waals surface area contributed by atoms with Crippen molar-refractivity contribution in [3.63, 3.8) is 0 Å². The average molecular weight is 412 g/mol. The molecule has 1 aliphatic heterocycles. The highest BCUT2D eigenvalue weighted by Gasteiger charge is 2.21. The van der Waals surface area contributed by atoms with Crippen LogP contribution in [0, 0.1) is 13.8 Å². The van der Waals surface area contributed by atoms with E-state index in [1.54, 1.807) is 11.3 Å². The van der Waals surface area contributed by atoms with Crippen LogP contribution >= 0.6 is 11.3 Å². The van der Waals surface area contributed by atoms with E-state index in [0.717, 1.165) is 57.7 Å². The van der Waals surface area contributed by atoms with Gasteiger partial charge in [0, 0.05) is 55.2 Å². The van der Waals surface area contributed by atoms with Crippen molar-refractivity contribution in [1.29, 1.82) is 0 Å². The molecule has 2 heterocycles. The van der Waals surface area contributed by atoms with E-state index < -0.39 is 0 Å². The Balaban J connectivity index is 1.24. The van der Waals surface area contributed by atoms with Gasteiger partial charge in [0.25, 0.3) is 5.91 Å². The van der Waals surface area contributed by atoms with Gasteiger partial charge >= 0.3 is 0 Å². The normalized spacial score (nSPS) is 17.7. The molecular weight excluding hydrogens is 378 g/mol. The summed E-state index contributed by atoms with van der Waals surface area (Å²) in [5, 5.41) is 5.25. The minimum Gasteiger partial charge on any atom is -0.369 e. The van der Waals surface area contributed by atoms with Crippen LogP contribution in [-0.2, 0) is 12.8 Å². The monoisotopic (exact) mass is 411 g/mol. The second-order valence-corrected chi connectivity index (χ2v) is 9.38. The number of nitrogens with one attached hydrogen (secondary N) is 1. The molecule has 1 amide bonds. The minimum atomic E-state index is 0.124. The summed E-state index contributed by atoms with van der Waals surface area (Å²) < 4.78 is 0. The summed E-state index contributed by atoms with van der Waals surface area (Å²) in [7, 11) is 0. The summed E-state index contributed by atoms with van der Waals surface area (Å²) in [5.74, 6) is 0.124. The molecular formula is C24H33N3OS. The largest absolute Gasteiger partial charge is 0.369 e. The Labute approximate surface area is 178 Å². The van der Waals surface area contributed by atoms with Gasteiger partial charge in [-0.15, -0.1) is 11.3 Å². The second-order valence-electron chi connectivity index (χ2n) is 8.42. The van der Waals surface area contributed by atoms with Crippen molar-refractivity contribution in [3.05, 3.63) is 50.7 Å². The molecule has 1 aliphatic carbocycles. The molecule has 29 heavy (non-hydrogen) atoms. The second kappa shape index (κ2) is 9.31. The predicted molar refractivity (Wildman–Crippen MR) is 122 cm³/mol. The van der Waals surface area contributed by atoms with Crippen LogP contribution < -0.4 is 10.2 Å². The molecule has 1 aromatic heterocycles. The number of piperazine rings is 1. The van der Waals surface area contributed by atoms with Crippen molar-refractivity contribution < 1.29 is 4.79 Å². The molecule has 1 aromatic carbocycles. The van der Waals surface area contributed by atoms with Crippen LogP contribution in [0.3, 0.4) is 0 Å². The lowest BCUT2D eigenvalue weighted by Gasteiger charge is -2.37. The molecule has 0 saturated carbocycles. The third-order valence-electron chi connectivity index (χ3n) is 6.56. The molecule has 4 rings (SSSR count). The van der Waals surface area contributed by atoms with E-state index in [2.05, 4.69) is 52.5 Å². The standard InChI is InChI=1S/C24H33N3OS/c1-18-7-6-9-22(19(18)2)27-15-13-26(14-16-27)12-11-25-24(28)21-17-29-23-10-5-3-4-8-20(21)23/h6-7,9,17H,3-5,8,10-16H2,1-2H3,(H,25,28). The van der Waals surface area contributed by atoms with Crippen LogP contribution in [0.1, 0.15) is 51.2 Å². The lowest BCUT2D eigenvalue weighted by molar-refractivity contribution is 0.0947. The number of thiophene rings is 1. The topological polar surface area (TPSA) is 35.6 Å². The maximum absolute atomic E-state index is 12.7. The van der Waals surface area contributed by atoms with Crippen molar-refractivity contribution in [3.8, 4) is 0 Å². The fraction of sp³-hybridized carbons (Fsp3) is 0.542. The number of anilines is 1. The SMILES string of the molecule is Cc1cccc(N2CCN(CCNC(=O)c3csc4c3CCCCC4)CC2)c1C. The zero-order valence-corrected chi connectivity index (χ0v) is 18.6. The Bertz CT molecular complexity index is 852. The fourth-order valence-corrected chi connectivity index (χ4v) is 5.70. The van der Waals surface area contributed by atoms with E-state index in [9.17, 15) is 4.79 Å². The van der Waals surface area contributed by atoms with Gasteiger partial charge in [0.05, 0.1) is 5.56 Å². The van der Waals surface area contributed by atoms with E-state index in [1.807, 2.05) is 0 Å². The number of hydrogen-bond donors (Lipinski definition) is 1. The molecule has 1 fully saturated rings. The van der Waals surface area contributed by atoms with Crippen LogP contribution in [0.4, 0.5) is 5.69 Å². The lowest BCUT2D eigenvalue weighted by atomic mass is 10.1. The van der Waals surface area contributed by atoms with Crippen molar-refractivity contribution in [2.75, 3.05) is 44.2 Å². The van der Waals surface area contributed by atoms with E-state index >= 15 is 0 Å². The van der Waals surface area contributed by atoms with Crippen LogP contribution in [0.25, 0.3) is 0 Å². The zero-order chi connectivity index (χ0) is 20.2. The first-order valence-electron chi connectivity index (χ1n) is 11.0. The van der Waals surface area contributed by atoms with Gasteiger partial charge in [0.15, 0.2) is 0 Å². The fourth-order valence-electron chi connectivity index (χ4n) is 4.57. The summed E-state index contributed by atoms with van der Waals surface area (Å²) in [4.78, 5) is 19.1. The molecule has 0 spiro atoms. The molecule has 0 unspecified atom stereocenters. The van der Waals surface area contributed by atoms with Crippen LogP contribution in [-0.4, -0.2) is 50.1 Å². The van der Waals surface area contributed by atoms with Gasteiger partial charge in [-0.3, -0.25) is 9.69 Å². The molecule has 156 valence electrons. The lowest BCUT2D eigenvalue weighted by Crippen LogP contribution is -2.48. The summed E-state index contributed by atoms with van der Waals surface area (Å²) in [6, 6.07) is 6.58.